The summed E-state index contributed by atoms with van der Waals surface area (Å²) in [6, 6.07) is 0.841. The van der Waals surface area contributed by atoms with Crippen LogP contribution >= 0.6 is 35.7 Å². The maximum absolute atomic E-state index is 5.83. The zero-order valence-corrected chi connectivity index (χ0v) is 16.4. The topological polar surface area (TPSA) is 53.5 Å². The van der Waals surface area contributed by atoms with Gasteiger partial charge in [0, 0.05) is 37.4 Å². The van der Waals surface area contributed by atoms with Crippen LogP contribution in [0.15, 0.2) is 4.34 Å². The van der Waals surface area contributed by atoms with Crippen LogP contribution in [-0.4, -0.2) is 44.6 Å². The lowest BCUT2D eigenvalue weighted by Gasteiger charge is -2.28. The third-order valence-corrected chi connectivity index (χ3v) is 8.34. The molecule has 9 heteroatoms. The SMILES string of the molecule is CCO[Si](CCCSc1nnc(CS)s1)(OCC)OCC. The van der Waals surface area contributed by atoms with Crippen molar-refractivity contribution in [1.82, 2.24) is 10.2 Å². The van der Waals surface area contributed by atoms with E-state index in [0.29, 0.717) is 25.6 Å². The summed E-state index contributed by atoms with van der Waals surface area (Å²) >= 11 is 7.52. The summed E-state index contributed by atoms with van der Waals surface area (Å²) < 4.78 is 18.5. The van der Waals surface area contributed by atoms with Crippen molar-refractivity contribution in [3.05, 3.63) is 5.01 Å². The van der Waals surface area contributed by atoms with E-state index < -0.39 is 8.80 Å². The molecule has 0 unspecified atom stereocenters. The third kappa shape index (κ3) is 6.98. The van der Waals surface area contributed by atoms with Crippen molar-refractivity contribution < 1.29 is 13.3 Å². The predicted molar refractivity (Wildman–Crippen MR) is 93.4 cm³/mol. The molecule has 0 radical (unpaired) electrons. The Morgan fingerprint density at radius 1 is 1.10 bits per heavy atom. The first-order valence-corrected chi connectivity index (χ1v) is 11.5. The summed E-state index contributed by atoms with van der Waals surface area (Å²) in [6.45, 7) is 7.82. The highest BCUT2D eigenvalue weighted by atomic mass is 32.2. The van der Waals surface area contributed by atoms with Gasteiger partial charge >= 0.3 is 8.80 Å². The Morgan fingerprint density at radius 3 is 2.19 bits per heavy atom. The van der Waals surface area contributed by atoms with Crippen LogP contribution in [0.1, 0.15) is 32.2 Å². The third-order valence-electron chi connectivity index (χ3n) is 2.53. The first kappa shape index (κ1) is 19.4. The molecule has 21 heavy (non-hydrogen) atoms. The fraction of sp³-hybridized carbons (Fsp3) is 0.833. The molecule has 0 bridgehead atoms. The standard InChI is InChI=1S/C12H24N2O3S3Si/c1-4-15-21(16-5-2,17-6-3)9-7-8-19-12-14-13-11(10-18)20-12/h18H,4-10H2,1-3H3. The molecular formula is C12H24N2O3S3Si. The fourth-order valence-electron chi connectivity index (χ4n) is 1.81. The Morgan fingerprint density at radius 2 is 1.71 bits per heavy atom. The summed E-state index contributed by atoms with van der Waals surface area (Å²) in [4.78, 5) is 0. The lowest BCUT2D eigenvalue weighted by molar-refractivity contribution is 0.0712. The molecule has 0 aliphatic rings. The van der Waals surface area contributed by atoms with E-state index in [4.69, 9.17) is 13.3 Å². The number of thioether (sulfide) groups is 1. The first-order valence-electron chi connectivity index (χ1n) is 7.17. The average molecular weight is 369 g/mol. The van der Waals surface area contributed by atoms with E-state index in [1.807, 2.05) is 20.8 Å². The van der Waals surface area contributed by atoms with Gasteiger partial charge in [-0.05, 0) is 27.2 Å². The molecule has 0 atom stereocenters. The quantitative estimate of drug-likeness (QED) is 0.264. The first-order chi connectivity index (χ1) is 10.2. The van der Waals surface area contributed by atoms with Crippen LogP contribution in [0.5, 0.6) is 0 Å². The fourth-order valence-corrected chi connectivity index (χ4v) is 6.70. The second-order valence-corrected chi connectivity index (χ2v) is 9.51. The molecular weight excluding hydrogens is 344 g/mol. The van der Waals surface area contributed by atoms with Gasteiger partial charge in [-0.25, -0.2) is 0 Å². The zero-order chi connectivity index (χ0) is 15.6. The van der Waals surface area contributed by atoms with Crippen molar-refractivity contribution in [2.75, 3.05) is 25.6 Å². The largest absolute Gasteiger partial charge is 0.500 e. The molecule has 1 aromatic rings. The second-order valence-electron chi connectivity index (χ2n) is 4.05. The lowest BCUT2D eigenvalue weighted by Crippen LogP contribution is -2.46. The molecule has 122 valence electrons. The van der Waals surface area contributed by atoms with Gasteiger partial charge in [0.2, 0.25) is 0 Å². The summed E-state index contributed by atoms with van der Waals surface area (Å²) in [5.74, 6) is 1.61. The van der Waals surface area contributed by atoms with Gasteiger partial charge in [-0.1, -0.05) is 23.1 Å². The van der Waals surface area contributed by atoms with Gasteiger partial charge in [0.25, 0.3) is 0 Å². The molecule has 0 aliphatic carbocycles. The van der Waals surface area contributed by atoms with Crippen LogP contribution in [0.25, 0.3) is 0 Å². The van der Waals surface area contributed by atoms with Crippen molar-refractivity contribution in [2.45, 2.75) is 43.3 Å². The molecule has 0 amide bonds. The van der Waals surface area contributed by atoms with Crippen LogP contribution in [0.2, 0.25) is 6.04 Å². The number of hydrogen-bond donors (Lipinski definition) is 1. The molecule has 1 heterocycles. The minimum atomic E-state index is -2.49. The Balaban J connectivity index is 2.41. The summed E-state index contributed by atoms with van der Waals surface area (Å²) in [5.41, 5.74) is 0. The van der Waals surface area contributed by atoms with Crippen molar-refractivity contribution >= 4 is 44.5 Å². The molecule has 0 aliphatic heterocycles. The molecule has 0 saturated heterocycles. The van der Waals surface area contributed by atoms with Gasteiger partial charge in [0.05, 0.1) is 0 Å². The van der Waals surface area contributed by atoms with E-state index in [2.05, 4.69) is 22.8 Å². The maximum atomic E-state index is 5.83. The monoisotopic (exact) mass is 368 g/mol. The Bertz CT molecular complexity index is 379. The molecule has 0 fully saturated rings. The number of nitrogens with zero attached hydrogens (tertiary/aromatic N) is 2. The highest BCUT2D eigenvalue weighted by Gasteiger charge is 2.39. The Hall–Kier alpha value is 0.357. The van der Waals surface area contributed by atoms with Gasteiger partial charge in [0.15, 0.2) is 4.34 Å². The number of aromatic nitrogens is 2. The smallest absolute Gasteiger partial charge is 0.374 e. The summed E-state index contributed by atoms with van der Waals surface area (Å²) in [7, 11) is -2.49. The van der Waals surface area contributed by atoms with E-state index in [1.54, 1.807) is 23.1 Å². The maximum Gasteiger partial charge on any atom is 0.500 e. The van der Waals surface area contributed by atoms with Crippen LogP contribution in [-0.2, 0) is 19.0 Å². The van der Waals surface area contributed by atoms with Crippen LogP contribution in [0.4, 0.5) is 0 Å². The molecule has 0 saturated carbocycles. The van der Waals surface area contributed by atoms with Crippen LogP contribution in [0.3, 0.4) is 0 Å². The van der Waals surface area contributed by atoms with E-state index in [-0.39, 0.29) is 0 Å². The minimum Gasteiger partial charge on any atom is -0.374 e. The van der Waals surface area contributed by atoms with Gasteiger partial charge in [-0.15, -0.1) is 10.2 Å². The van der Waals surface area contributed by atoms with E-state index >= 15 is 0 Å². The summed E-state index contributed by atoms with van der Waals surface area (Å²) in [5, 5.41) is 9.15. The zero-order valence-electron chi connectivity index (χ0n) is 12.8. The average Bonchev–Trinajstić information content (AvgIpc) is 2.92. The highest BCUT2D eigenvalue weighted by Crippen LogP contribution is 2.26. The number of hydrogen-bond acceptors (Lipinski definition) is 8. The van der Waals surface area contributed by atoms with Gasteiger partial charge in [0.1, 0.15) is 5.01 Å². The minimum absolute atomic E-state index is 0.626. The van der Waals surface area contributed by atoms with Crippen molar-refractivity contribution in [3.8, 4) is 0 Å². The predicted octanol–water partition coefficient (Wildman–Crippen LogP) is 3.50. The lowest BCUT2D eigenvalue weighted by atomic mass is 10.6. The van der Waals surface area contributed by atoms with Gasteiger partial charge in [-0.2, -0.15) is 12.6 Å². The molecule has 0 spiro atoms. The number of rotatable bonds is 12. The molecule has 0 N–H and O–H groups in total. The van der Waals surface area contributed by atoms with Crippen molar-refractivity contribution in [1.29, 1.82) is 0 Å². The van der Waals surface area contributed by atoms with E-state index in [9.17, 15) is 0 Å². The molecule has 5 nitrogen and oxygen atoms in total. The van der Waals surface area contributed by atoms with Crippen LogP contribution in [0, 0.1) is 0 Å². The van der Waals surface area contributed by atoms with Gasteiger partial charge < -0.3 is 13.3 Å². The molecule has 1 rings (SSSR count). The van der Waals surface area contributed by atoms with Crippen molar-refractivity contribution in [2.24, 2.45) is 0 Å². The highest BCUT2D eigenvalue weighted by molar-refractivity contribution is 8.01. The summed E-state index contributed by atoms with van der Waals surface area (Å²) in [6.07, 6.45) is 0.979. The molecule has 0 aromatic carbocycles. The van der Waals surface area contributed by atoms with E-state index in [0.717, 1.165) is 27.6 Å². The Kier molecular flexibility index (Phi) is 10.1. The second kappa shape index (κ2) is 11.0. The van der Waals surface area contributed by atoms with Crippen molar-refractivity contribution in [3.63, 3.8) is 0 Å². The normalized spacial score (nSPS) is 12.0. The van der Waals surface area contributed by atoms with Gasteiger partial charge in [-0.3, -0.25) is 0 Å². The van der Waals surface area contributed by atoms with E-state index in [1.165, 1.54) is 0 Å². The molecule has 1 aromatic heterocycles. The van der Waals surface area contributed by atoms with Crippen LogP contribution < -0.4 is 0 Å². The Labute approximate surface area is 141 Å². The number of thiol groups is 1.